The van der Waals surface area contributed by atoms with E-state index in [0.29, 0.717) is 17.6 Å². The van der Waals surface area contributed by atoms with E-state index in [4.69, 9.17) is 10.6 Å². The van der Waals surface area contributed by atoms with Crippen molar-refractivity contribution in [2.45, 2.75) is 0 Å². The summed E-state index contributed by atoms with van der Waals surface area (Å²) in [4.78, 5) is 23.2. The van der Waals surface area contributed by atoms with Crippen molar-refractivity contribution in [3.8, 4) is 16.9 Å². The first-order valence-electron chi connectivity index (χ1n) is 5.95. The summed E-state index contributed by atoms with van der Waals surface area (Å²) < 4.78 is 5.30. The summed E-state index contributed by atoms with van der Waals surface area (Å²) in [5.41, 5.74) is 3.84. The first kappa shape index (κ1) is 13.8. The van der Waals surface area contributed by atoms with Crippen molar-refractivity contribution in [2.24, 2.45) is 5.84 Å². The van der Waals surface area contributed by atoms with E-state index in [-0.39, 0.29) is 11.1 Å². The van der Waals surface area contributed by atoms with Crippen LogP contribution in [0.2, 0.25) is 0 Å². The number of hydrogen-bond acceptors (Lipinski definition) is 4. The maximum atomic E-state index is 12.0. The van der Waals surface area contributed by atoms with Gasteiger partial charge in [-0.1, -0.05) is 30.3 Å². The van der Waals surface area contributed by atoms with E-state index in [9.17, 15) is 9.59 Å². The molecule has 2 aromatic carbocycles. The fraction of sp³-hybridized carbons (Fsp3) is 0.0667. The van der Waals surface area contributed by atoms with Crippen molar-refractivity contribution in [1.82, 2.24) is 5.43 Å². The van der Waals surface area contributed by atoms with Gasteiger partial charge in [-0.3, -0.25) is 15.0 Å². The van der Waals surface area contributed by atoms with Crippen molar-refractivity contribution in [3.63, 3.8) is 0 Å². The molecule has 0 saturated carbocycles. The van der Waals surface area contributed by atoms with Crippen LogP contribution in [0.4, 0.5) is 0 Å². The minimum Gasteiger partial charge on any atom is -0.496 e. The lowest BCUT2D eigenvalue weighted by atomic mass is 9.94. The highest BCUT2D eigenvalue weighted by atomic mass is 16.5. The lowest BCUT2D eigenvalue weighted by Crippen LogP contribution is -2.31. The van der Waals surface area contributed by atoms with Gasteiger partial charge in [0.1, 0.15) is 5.75 Å². The summed E-state index contributed by atoms with van der Waals surface area (Å²) in [5.74, 6) is 5.17. The Kier molecular flexibility index (Phi) is 4.12. The largest absolute Gasteiger partial charge is 0.496 e. The smallest absolute Gasteiger partial charge is 0.266 e. The minimum absolute atomic E-state index is 0.202. The van der Waals surface area contributed by atoms with Crippen LogP contribution in [0.1, 0.15) is 20.7 Å². The van der Waals surface area contributed by atoms with Gasteiger partial charge in [0.05, 0.1) is 12.7 Å². The van der Waals surface area contributed by atoms with Crippen LogP contribution in [-0.4, -0.2) is 19.3 Å². The first-order chi connectivity index (χ1) is 9.72. The number of ether oxygens (including phenoxy) is 1. The number of hydrogen-bond donors (Lipinski definition) is 2. The van der Waals surface area contributed by atoms with Crippen LogP contribution in [0.25, 0.3) is 11.1 Å². The number of carbonyl (C=O) groups is 2. The zero-order chi connectivity index (χ0) is 14.5. The molecule has 0 aliphatic heterocycles. The number of aldehydes is 1. The third-order valence-electron chi connectivity index (χ3n) is 2.97. The van der Waals surface area contributed by atoms with Gasteiger partial charge in [-0.05, 0) is 17.7 Å². The van der Waals surface area contributed by atoms with Gasteiger partial charge in [-0.2, -0.15) is 0 Å². The quantitative estimate of drug-likeness (QED) is 0.384. The molecule has 0 aliphatic carbocycles. The summed E-state index contributed by atoms with van der Waals surface area (Å²) in [5, 5.41) is 0. The molecule has 0 spiro atoms. The maximum Gasteiger partial charge on any atom is 0.266 e. The van der Waals surface area contributed by atoms with Crippen LogP contribution in [-0.2, 0) is 0 Å². The van der Waals surface area contributed by atoms with Gasteiger partial charge in [-0.25, -0.2) is 5.84 Å². The molecular weight excluding hydrogens is 256 g/mol. The van der Waals surface area contributed by atoms with Crippen LogP contribution in [0.3, 0.4) is 0 Å². The number of benzene rings is 2. The number of nitrogen functional groups attached to an aromatic ring is 1. The Morgan fingerprint density at radius 2 is 1.90 bits per heavy atom. The molecule has 20 heavy (non-hydrogen) atoms. The Morgan fingerprint density at radius 1 is 1.20 bits per heavy atom. The SMILES string of the molecule is COc1ccc(C=O)c(C(=O)NN)c1-c1ccccc1. The van der Waals surface area contributed by atoms with Crippen LogP contribution >= 0.6 is 0 Å². The van der Waals surface area contributed by atoms with E-state index in [1.807, 2.05) is 30.3 Å². The molecule has 3 N–H and O–H groups in total. The third-order valence-corrected chi connectivity index (χ3v) is 2.97. The highest BCUT2D eigenvalue weighted by Crippen LogP contribution is 2.34. The van der Waals surface area contributed by atoms with Crippen molar-refractivity contribution in [3.05, 3.63) is 53.6 Å². The number of nitrogens with two attached hydrogens (primary N) is 1. The number of carbonyl (C=O) groups excluding carboxylic acids is 2. The highest BCUT2D eigenvalue weighted by molar-refractivity contribution is 6.08. The topological polar surface area (TPSA) is 81.4 Å². The van der Waals surface area contributed by atoms with Crippen molar-refractivity contribution in [1.29, 1.82) is 0 Å². The second-order valence-electron chi connectivity index (χ2n) is 4.06. The van der Waals surface area contributed by atoms with Crippen LogP contribution in [0.5, 0.6) is 5.75 Å². The maximum absolute atomic E-state index is 12.0. The highest BCUT2D eigenvalue weighted by Gasteiger charge is 2.20. The average Bonchev–Trinajstić information content (AvgIpc) is 2.53. The van der Waals surface area contributed by atoms with E-state index in [1.54, 1.807) is 6.07 Å². The molecule has 0 heterocycles. The summed E-state index contributed by atoms with van der Waals surface area (Å²) in [6.07, 6.45) is 0.621. The Hall–Kier alpha value is -2.66. The Labute approximate surface area is 116 Å². The molecule has 0 aliphatic rings. The summed E-state index contributed by atoms with van der Waals surface area (Å²) in [7, 11) is 1.51. The van der Waals surface area contributed by atoms with Crippen LogP contribution < -0.4 is 16.0 Å². The standard InChI is InChI=1S/C15H14N2O3/c1-20-12-8-7-11(9-18)14(15(19)17-16)13(12)10-5-3-2-4-6-10/h2-9H,16H2,1H3,(H,17,19). The first-order valence-corrected chi connectivity index (χ1v) is 5.95. The van der Waals surface area contributed by atoms with Gasteiger partial charge in [-0.15, -0.1) is 0 Å². The van der Waals surface area contributed by atoms with Gasteiger partial charge in [0.2, 0.25) is 0 Å². The van der Waals surface area contributed by atoms with Gasteiger partial charge >= 0.3 is 0 Å². The molecule has 5 nitrogen and oxygen atoms in total. The van der Waals surface area contributed by atoms with E-state index < -0.39 is 5.91 Å². The molecule has 102 valence electrons. The molecular formula is C15H14N2O3. The fourth-order valence-electron chi connectivity index (χ4n) is 2.08. The Balaban J connectivity index is 2.80. The molecule has 0 aromatic heterocycles. The predicted octanol–water partition coefficient (Wildman–Crippen LogP) is 1.78. The lowest BCUT2D eigenvalue weighted by Gasteiger charge is -2.15. The number of amides is 1. The summed E-state index contributed by atoms with van der Waals surface area (Å²) in [6, 6.07) is 12.4. The van der Waals surface area contributed by atoms with Crippen LogP contribution in [0.15, 0.2) is 42.5 Å². The zero-order valence-corrected chi connectivity index (χ0v) is 10.9. The number of methoxy groups -OCH3 is 1. The lowest BCUT2D eigenvalue weighted by molar-refractivity contribution is 0.0948. The Morgan fingerprint density at radius 3 is 2.45 bits per heavy atom. The molecule has 5 heteroatoms. The molecule has 0 unspecified atom stereocenters. The average molecular weight is 270 g/mol. The molecule has 2 rings (SSSR count). The predicted molar refractivity (Wildman–Crippen MR) is 75.5 cm³/mol. The van der Waals surface area contributed by atoms with E-state index in [2.05, 4.69) is 5.43 Å². The summed E-state index contributed by atoms with van der Waals surface area (Å²) >= 11 is 0. The van der Waals surface area contributed by atoms with Crippen molar-refractivity contribution >= 4 is 12.2 Å². The van der Waals surface area contributed by atoms with E-state index in [0.717, 1.165) is 5.56 Å². The van der Waals surface area contributed by atoms with Gasteiger partial charge < -0.3 is 4.74 Å². The molecule has 1 amide bonds. The molecule has 0 bridgehead atoms. The Bertz CT molecular complexity index is 639. The molecule has 2 aromatic rings. The van der Waals surface area contributed by atoms with Crippen molar-refractivity contribution in [2.75, 3.05) is 7.11 Å². The molecule has 0 radical (unpaired) electrons. The van der Waals surface area contributed by atoms with Crippen LogP contribution in [0, 0.1) is 0 Å². The summed E-state index contributed by atoms with van der Waals surface area (Å²) in [6.45, 7) is 0. The second kappa shape index (κ2) is 5.99. The monoisotopic (exact) mass is 270 g/mol. The molecule has 0 fully saturated rings. The minimum atomic E-state index is -0.537. The van der Waals surface area contributed by atoms with Gasteiger partial charge in [0.15, 0.2) is 6.29 Å². The zero-order valence-electron chi connectivity index (χ0n) is 10.9. The third kappa shape index (κ3) is 2.39. The number of rotatable bonds is 4. The van der Waals surface area contributed by atoms with Crippen molar-refractivity contribution < 1.29 is 14.3 Å². The van der Waals surface area contributed by atoms with Gasteiger partial charge in [0, 0.05) is 11.1 Å². The molecule has 0 saturated heterocycles. The van der Waals surface area contributed by atoms with E-state index >= 15 is 0 Å². The van der Waals surface area contributed by atoms with Gasteiger partial charge in [0.25, 0.3) is 5.91 Å². The molecule has 0 atom stereocenters. The van der Waals surface area contributed by atoms with E-state index in [1.165, 1.54) is 13.2 Å². The second-order valence-corrected chi connectivity index (χ2v) is 4.06. The number of hydrazine groups is 1. The fourth-order valence-corrected chi connectivity index (χ4v) is 2.08. The number of nitrogens with one attached hydrogen (secondary N) is 1. The normalized spacial score (nSPS) is 9.90.